The van der Waals surface area contributed by atoms with Gasteiger partial charge in [-0.25, -0.2) is 0 Å². The van der Waals surface area contributed by atoms with Crippen molar-refractivity contribution in [3.8, 4) is 5.75 Å². The van der Waals surface area contributed by atoms with Crippen molar-refractivity contribution >= 4 is 23.2 Å². The van der Waals surface area contributed by atoms with Gasteiger partial charge in [-0.2, -0.15) is 0 Å². The highest BCUT2D eigenvalue weighted by Crippen LogP contribution is 2.27. The largest absolute Gasteiger partial charge is 0.495 e. The van der Waals surface area contributed by atoms with Crippen LogP contribution >= 0.6 is 11.3 Å². The molecule has 1 saturated heterocycles. The molecule has 7 heteroatoms. The normalized spacial score (nSPS) is 16.0. The molecule has 1 fully saturated rings. The highest BCUT2D eigenvalue weighted by Gasteiger charge is 2.26. The van der Waals surface area contributed by atoms with Gasteiger partial charge in [0.05, 0.1) is 26.2 Å². The zero-order valence-electron chi connectivity index (χ0n) is 11.9. The van der Waals surface area contributed by atoms with Gasteiger partial charge in [0.2, 0.25) is 0 Å². The first-order valence-corrected chi connectivity index (χ1v) is 7.74. The predicted octanol–water partition coefficient (Wildman–Crippen LogP) is 1.85. The first kappa shape index (κ1) is 15.8. The van der Waals surface area contributed by atoms with Crippen molar-refractivity contribution in [3.63, 3.8) is 0 Å². The Kier molecular flexibility index (Phi) is 5.58. The summed E-state index contributed by atoms with van der Waals surface area (Å²) in [5, 5.41) is 10.4. The lowest BCUT2D eigenvalue weighted by atomic mass is 10.1. The number of piperidine rings is 1. The molecular weight excluding hydrogens is 294 g/mol. The molecule has 1 amide bonds. The van der Waals surface area contributed by atoms with Crippen molar-refractivity contribution in [1.82, 2.24) is 4.90 Å². The number of methoxy groups -OCH3 is 1. The minimum atomic E-state index is -0.854. The maximum atomic E-state index is 12.4. The molecule has 21 heavy (non-hydrogen) atoms. The Labute approximate surface area is 127 Å². The molecule has 6 nitrogen and oxygen atoms in total. The summed E-state index contributed by atoms with van der Waals surface area (Å²) in [4.78, 5) is 25.2. The summed E-state index contributed by atoms with van der Waals surface area (Å²) in [7, 11) is 1.56. The standard InChI is InChI=1S/C14H19NO5S/c1-19-11-5-9-21-13(11)14(18)15-6-2-10(3-7-15)20-8-4-12(16)17/h5,9-10H,2-4,6-8H2,1H3,(H,16,17). The molecule has 0 aromatic carbocycles. The minimum absolute atomic E-state index is 0.00849. The second-order valence-corrected chi connectivity index (χ2v) is 5.74. The van der Waals surface area contributed by atoms with Crippen LogP contribution in [0.2, 0.25) is 0 Å². The molecule has 1 aromatic rings. The molecule has 2 rings (SSSR count). The van der Waals surface area contributed by atoms with Crippen LogP contribution in [0.5, 0.6) is 5.75 Å². The van der Waals surface area contributed by atoms with Crippen LogP contribution in [0.4, 0.5) is 0 Å². The number of hydrogen-bond acceptors (Lipinski definition) is 5. The van der Waals surface area contributed by atoms with Crippen LogP contribution < -0.4 is 4.74 Å². The van der Waals surface area contributed by atoms with Crippen molar-refractivity contribution in [2.45, 2.75) is 25.4 Å². The number of aliphatic carboxylic acids is 1. The van der Waals surface area contributed by atoms with E-state index in [9.17, 15) is 9.59 Å². The minimum Gasteiger partial charge on any atom is -0.495 e. The van der Waals surface area contributed by atoms with Gasteiger partial charge in [-0.3, -0.25) is 9.59 Å². The molecule has 0 spiro atoms. The van der Waals surface area contributed by atoms with Gasteiger partial charge in [-0.15, -0.1) is 11.3 Å². The predicted molar refractivity (Wildman–Crippen MR) is 78.0 cm³/mol. The number of nitrogens with zero attached hydrogens (tertiary/aromatic N) is 1. The van der Waals surface area contributed by atoms with Gasteiger partial charge in [0, 0.05) is 13.1 Å². The van der Waals surface area contributed by atoms with Crippen molar-refractivity contribution in [2.24, 2.45) is 0 Å². The molecule has 1 aliphatic heterocycles. The molecule has 1 aliphatic rings. The van der Waals surface area contributed by atoms with Crippen molar-refractivity contribution in [1.29, 1.82) is 0 Å². The Morgan fingerprint density at radius 1 is 1.43 bits per heavy atom. The molecule has 0 saturated carbocycles. The Morgan fingerprint density at radius 3 is 2.76 bits per heavy atom. The van der Waals surface area contributed by atoms with E-state index in [2.05, 4.69) is 0 Å². The van der Waals surface area contributed by atoms with Gasteiger partial charge >= 0.3 is 5.97 Å². The third kappa shape index (κ3) is 4.18. The van der Waals surface area contributed by atoms with E-state index in [1.807, 2.05) is 5.38 Å². The summed E-state index contributed by atoms with van der Waals surface area (Å²) in [5.74, 6) is -0.247. The molecule has 0 atom stereocenters. The number of amides is 1. The Hall–Kier alpha value is -1.60. The van der Waals surface area contributed by atoms with Gasteiger partial charge < -0.3 is 19.5 Å². The summed E-state index contributed by atoms with van der Waals surface area (Å²) in [6.45, 7) is 1.47. The van der Waals surface area contributed by atoms with Crippen LogP contribution in [0.3, 0.4) is 0 Å². The molecule has 0 bridgehead atoms. The van der Waals surface area contributed by atoms with Crippen LogP contribution in [0.25, 0.3) is 0 Å². The number of carboxylic acid groups (broad SMARTS) is 1. The highest BCUT2D eigenvalue weighted by molar-refractivity contribution is 7.12. The monoisotopic (exact) mass is 313 g/mol. The van der Waals surface area contributed by atoms with Gasteiger partial charge in [0.25, 0.3) is 5.91 Å². The number of thiophene rings is 1. The molecule has 1 aromatic heterocycles. The smallest absolute Gasteiger partial charge is 0.305 e. The first-order chi connectivity index (χ1) is 10.1. The van der Waals surface area contributed by atoms with E-state index in [0.717, 1.165) is 12.8 Å². The fourth-order valence-electron chi connectivity index (χ4n) is 2.30. The van der Waals surface area contributed by atoms with Crippen LogP contribution in [0.1, 0.15) is 28.9 Å². The average molecular weight is 313 g/mol. The number of carbonyl (C=O) groups excluding carboxylic acids is 1. The average Bonchev–Trinajstić information content (AvgIpc) is 2.95. The number of ether oxygens (including phenoxy) is 2. The Morgan fingerprint density at radius 2 is 2.14 bits per heavy atom. The molecule has 0 radical (unpaired) electrons. The van der Waals surface area contributed by atoms with Crippen LogP contribution in [0, 0.1) is 0 Å². The maximum Gasteiger partial charge on any atom is 0.305 e. The van der Waals surface area contributed by atoms with Gasteiger partial charge in [-0.05, 0) is 24.3 Å². The third-order valence-corrected chi connectivity index (χ3v) is 4.33. The fraction of sp³-hybridized carbons (Fsp3) is 0.571. The highest BCUT2D eigenvalue weighted by atomic mass is 32.1. The summed E-state index contributed by atoms with van der Waals surface area (Å²) in [6.07, 6.45) is 1.53. The summed E-state index contributed by atoms with van der Waals surface area (Å²) >= 11 is 1.38. The van der Waals surface area contributed by atoms with E-state index in [1.54, 1.807) is 18.1 Å². The molecule has 116 valence electrons. The topological polar surface area (TPSA) is 76.1 Å². The van der Waals surface area contributed by atoms with Gasteiger partial charge in [-0.1, -0.05) is 0 Å². The van der Waals surface area contributed by atoms with E-state index < -0.39 is 5.97 Å². The van der Waals surface area contributed by atoms with Crippen LogP contribution in [0.15, 0.2) is 11.4 Å². The number of carbonyl (C=O) groups is 2. The van der Waals surface area contributed by atoms with Crippen molar-refractivity contribution in [2.75, 3.05) is 26.8 Å². The lowest BCUT2D eigenvalue weighted by Gasteiger charge is -2.31. The van der Waals surface area contributed by atoms with Crippen LogP contribution in [-0.4, -0.2) is 54.8 Å². The second kappa shape index (κ2) is 7.42. The molecular formula is C14H19NO5S. The van der Waals surface area contributed by atoms with Crippen molar-refractivity contribution < 1.29 is 24.2 Å². The summed E-state index contributed by atoms with van der Waals surface area (Å²) in [6, 6.07) is 1.79. The molecule has 0 aliphatic carbocycles. The summed E-state index contributed by atoms with van der Waals surface area (Å²) in [5.41, 5.74) is 0. The number of likely N-dealkylation sites (tertiary alicyclic amines) is 1. The Balaban J connectivity index is 1.81. The number of hydrogen-bond donors (Lipinski definition) is 1. The third-order valence-electron chi connectivity index (χ3n) is 3.44. The number of carboxylic acids is 1. The quantitative estimate of drug-likeness (QED) is 0.867. The molecule has 2 heterocycles. The fourth-order valence-corrected chi connectivity index (χ4v) is 3.12. The van der Waals surface area contributed by atoms with Crippen molar-refractivity contribution in [3.05, 3.63) is 16.3 Å². The number of rotatable bonds is 6. The lowest BCUT2D eigenvalue weighted by molar-refractivity contribution is -0.138. The van der Waals surface area contributed by atoms with E-state index in [-0.39, 0.29) is 25.0 Å². The van der Waals surface area contributed by atoms with Gasteiger partial charge in [0.15, 0.2) is 0 Å². The van der Waals surface area contributed by atoms with Gasteiger partial charge in [0.1, 0.15) is 10.6 Å². The SMILES string of the molecule is COc1ccsc1C(=O)N1CCC(OCCC(=O)O)CC1. The maximum absolute atomic E-state index is 12.4. The van der Waals surface area contributed by atoms with E-state index >= 15 is 0 Å². The van der Waals surface area contributed by atoms with E-state index in [0.29, 0.717) is 23.7 Å². The Bertz CT molecular complexity index is 493. The zero-order valence-corrected chi connectivity index (χ0v) is 12.7. The zero-order chi connectivity index (χ0) is 15.2. The van der Waals surface area contributed by atoms with Crippen LogP contribution in [-0.2, 0) is 9.53 Å². The lowest BCUT2D eigenvalue weighted by Crippen LogP contribution is -2.40. The first-order valence-electron chi connectivity index (χ1n) is 6.86. The molecule has 0 unspecified atom stereocenters. The van der Waals surface area contributed by atoms with E-state index in [1.165, 1.54) is 11.3 Å². The summed E-state index contributed by atoms with van der Waals surface area (Å²) < 4.78 is 10.7. The second-order valence-electron chi connectivity index (χ2n) is 4.82. The molecule has 1 N–H and O–H groups in total. The van der Waals surface area contributed by atoms with E-state index in [4.69, 9.17) is 14.6 Å².